The molecule has 2 heterocycles. The maximum atomic E-state index is 13.6. The van der Waals surface area contributed by atoms with Gasteiger partial charge in [0.05, 0.1) is 0 Å². The molecule has 0 aliphatic carbocycles. The van der Waals surface area contributed by atoms with Gasteiger partial charge < -0.3 is 10.6 Å². The molecule has 0 atom stereocenters. The largest absolute Gasteiger partial charge is 0.376 e. The number of amides is 1. The van der Waals surface area contributed by atoms with E-state index in [9.17, 15) is 22.4 Å². The summed E-state index contributed by atoms with van der Waals surface area (Å²) in [5.41, 5.74) is 0.561. The third-order valence-electron chi connectivity index (χ3n) is 3.62. The summed E-state index contributed by atoms with van der Waals surface area (Å²) in [6.45, 7) is -0.102. The summed E-state index contributed by atoms with van der Waals surface area (Å²) in [7, 11) is 0. The fourth-order valence-corrected chi connectivity index (χ4v) is 2.25. The number of carbonyl (C=O) groups excluding carboxylic acids is 1. The second kappa shape index (κ2) is 7.81. The highest BCUT2D eigenvalue weighted by Crippen LogP contribution is 2.23. The number of nitrogens with zero attached hydrogens (tertiary/aromatic N) is 2. The van der Waals surface area contributed by atoms with Crippen LogP contribution in [0.2, 0.25) is 0 Å². The van der Waals surface area contributed by atoms with E-state index in [1.165, 1.54) is 12.4 Å². The minimum Gasteiger partial charge on any atom is -0.376 e. The molecule has 0 aliphatic rings. The van der Waals surface area contributed by atoms with Crippen molar-refractivity contribution in [2.75, 3.05) is 10.6 Å². The molecule has 0 fully saturated rings. The second-order valence-corrected chi connectivity index (χ2v) is 5.44. The predicted octanol–water partition coefficient (Wildman–Crippen LogP) is 3.90. The Morgan fingerprint density at radius 3 is 2.07 bits per heavy atom. The molecule has 0 aliphatic heterocycles. The van der Waals surface area contributed by atoms with E-state index in [0.717, 1.165) is 0 Å². The molecule has 2 N–H and O–H groups in total. The van der Waals surface area contributed by atoms with Gasteiger partial charge in [0, 0.05) is 30.2 Å². The minimum atomic E-state index is -1.73. The fourth-order valence-electron chi connectivity index (χ4n) is 2.25. The van der Waals surface area contributed by atoms with Crippen LogP contribution in [0.1, 0.15) is 15.9 Å². The smallest absolute Gasteiger partial charge is 0.255 e. The molecule has 0 bridgehead atoms. The summed E-state index contributed by atoms with van der Waals surface area (Å²) in [6, 6.07) is 9.44. The summed E-state index contributed by atoms with van der Waals surface area (Å²) in [5.74, 6) is -6.99. The van der Waals surface area contributed by atoms with Crippen molar-refractivity contribution >= 4 is 17.3 Å². The van der Waals surface area contributed by atoms with E-state index < -0.39 is 29.2 Å². The highest BCUT2D eigenvalue weighted by atomic mass is 19.2. The van der Waals surface area contributed by atoms with E-state index in [4.69, 9.17) is 0 Å². The number of anilines is 2. The molecule has 5 nitrogen and oxygen atoms in total. The summed E-state index contributed by atoms with van der Waals surface area (Å²) < 4.78 is 53.3. The number of halogens is 4. The Morgan fingerprint density at radius 2 is 1.48 bits per heavy atom. The van der Waals surface area contributed by atoms with Crippen molar-refractivity contribution in [3.8, 4) is 0 Å². The topological polar surface area (TPSA) is 66.9 Å². The zero-order chi connectivity index (χ0) is 19.4. The van der Waals surface area contributed by atoms with E-state index in [0.29, 0.717) is 16.8 Å². The molecule has 0 saturated heterocycles. The van der Waals surface area contributed by atoms with Crippen molar-refractivity contribution in [1.29, 1.82) is 0 Å². The van der Waals surface area contributed by atoms with Crippen LogP contribution in [0, 0.1) is 23.5 Å². The van der Waals surface area contributed by atoms with Crippen LogP contribution in [0.3, 0.4) is 0 Å². The number of hydrogen-bond donors (Lipinski definition) is 2. The molecule has 9 heteroatoms. The first kappa shape index (κ1) is 18.3. The van der Waals surface area contributed by atoms with E-state index in [1.807, 2.05) is 0 Å². The van der Waals surface area contributed by atoms with Crippen LogP contribution in [0.5, 0.6) is 0 Å². The summed E-state index contributed by atoms with van der Waals surface area (Å²) >= 11 is 0. The molecule has 27 heavy (non-hydrogen) atoms. The van der Waals surface area contributed by atoms with Crippen molar-refractivity contribution in [3.63, 3.8) is 0 Å². The zero-order valence-electron chi connectivity index (χ0n) is 13.6. The van der Waals surface area contributed by atoms with Crippen LogP contribution in [-0.2, 0) is 6.54 Å². The van der Waals surface area contributed by atoms with Crippen LogP contribution >= 0.6 is 0 Å². The lowest BCUT2D eigenvalue weighted by atomic mass is 10.2. The molecule has 3 aromatic rings. The molecular weight excluding hydrogens is 364 g/mol. The number of aromatic nitrogens is 2. The Kier molecular flexibility index (Phi) is 5.30. The monoisotopic (exact) mass is 376 g/mol. The van der Waals surface area contributed by atoms with Gasteiger partial charge in [0.15, 0.2) is 0 Å². The molecule has 2 aromatic heterocycles. The van der Waals surface area contributed by atoms with Gasteiger partial charge in [-0.15, -0.1) is 0 Å². The Balaban J connectivity index is 1.66. The Hall–Kier alpha value is -3.49. The van der Waals surface area contributed by atoms with Gasteiger partial charge in [-0.2, -0.15) is 22.5 Å². The number of carbonyl (C=O) groups is 1. The molecule has 0 saturated carbocycles. The molecule has 0 spiro atoms. The molecule has 3 rings (SSSR count). The first-order valence-corrected chi connectivity index (χ1v) is 7.70. The van der Waals surface area contributed by atoms with Gasteiger partial charge in [0.2, 0.25) is 11.6 Å². The Bertz CT molecular complexity index is 939. The molecule has 1 amide bonds. The second-order valence-electron chi connectivity index (χ2n) is 5.44. The highest BCUT2D eigenvalue weighted by Gasteiger charge is 2.20. The third-order valence-corrected chi connectivity index (χ3v) is 3.62. The van der Waals surface area contributed by atoms with Crippen LogP contribution in [0.4, 0.5) is 28.9 Å². The summed E-state index contributed by atoms with van der Waals surface area (Å²) in [5, 5.41) is 4.98. The van der Waals surface area contributed by atoms with Gasteiger partial charge in [-0.05, 0) is 29.8 Å². The van der Waals surface area contributed by atoms with Crippen molar-refractivity contribution in [1.82, 2.24) is 9.97 Å². The van der Waals surface area contributed by atoms with Crippen LogP contribution in [0.15, 0.2) is 48.8 Å². The van der Waals surface area contributed by atoms with Gasteiger partial charge in [-0.25, -0.2) is 0 Å². The highest BCUT2D eigenvalue weighted by molar-refractivity contribution is 6.04. The summed E-state index contributed by atoms with van der Waals surface area (Å²) in [6.07, 6.45) is 2.99. The van der Waals surface area contributed by atoms with Crippen molar-refractivity contribution < 1.29 is 22.4 Å². The first-order valence-electron chi connectivity index (χ1n) is 7.70. The quantitative estimate of drug-likeness (QED) is 0.524. The van der Waals surface area contributed by atoms with Crippen molar-refractivity contribution in [2.24, 2.45) is 0 Å². The number of hydrogen-bond acceptors (Lipinski definition) is 4. The fraction of sp³-hybridized carbons (Fsp3) is 0.0556. The lowest BCUT2D eigenvalue weighted by Gasteiger charge is -2.10. The molecular formula is C18H12F4N4O. The Morgan fingerprint density at radius 1 is 0.889 bits per heavy atom. The van der Waals surface area contributed by atoms with Gasteiger partial charge in [0.25, 0.3) is 17.8 Å². The summed E-state index contributed by atoms with van der Waals surface area (Å²) in [4.78, 5) is 18.3. The average Bonchev–Trinajstić information content (AvgIpc) is 2.68. The standard InChI is InChI=1S/C18H12F4N4O/c19-13-15(14(20)17(22)26-16(13)21)24-9-10-1-3-12(4-2-10)25-18(27)11-5-7-23-8-6-11/h1-8H,9H2,(H,24,26)(H,25,27). The van der Waals surface area contributed by atoms with E-state index in [1.54, 1.807) is 36.4 Å². The van der Waals surface area contributed by atoms with Gasteiger partial charge in [0.1, 0.15) is 5.69 Å². The van der Waals surface area contributed by atoms with Gasteiger partial charge >= 0.3 is 0 Å². The normalized spacial score (nSPS) is 10.5. The van der Waals surface area contributed by atoms with Crippen molar-refractivity contribution in [3.05, 3.63) is 83.4 Å². The van der Waals surface area contributed by atoms with Crippen LogP contribution in [0.25, 0.3) is 0 Å². The maximum Gasteiger partial charge on any atom is 0.255 e. The maximum absolute atomic E-state index is 13.6. The van der Waals surface area contributed by atoms with E-state index in [2.05, 4.69) is 20.6 Å². The first-order chi connectivity index (χ1) is 13.0. The lowest BCUT2D eigenvalue weighted by molar-refractivity contribution is 0.102. The minimum absolute atomic E-state index is 0.102. The van der Waals surface area contributed by atoms with Crippen LogP contribution in [-0.4, -0.2) is 15.9 Å². The van der Waals surface area contributed by atoms with Crippen LogP contribution < -0.4 is 10.6 Å². The number of benzene rings is 1. The SMILES string of the molecule is O=C(Nc1ccc(CNc2c(F)c(F)nc(F)c2F)cc1)c1ccncc1. The number of rotatable bonds is 5. The van der Waals surface area contributed by atoms with Gasteiger partial charge in [-0.1, -0.05) is 12.1 Å². The predicted molar refractivity (Wildman–Crippen MR) is 90.0 cm³/mol. The van der Waals surface area contributed by atoms with Gasteiger partial charge in [-0.3, -0.25) is 9.78 Å². The van der Waals surface area contributed by atoms with E-state index >= 15 is 0 Å². The van der Waals surface area contributed by atoms with Crippen molar-refractivity contribution in [2.45, 2.75) is 6.54 Å². The lowest BCUT2D eigenvalue weighted by Crippen LogP contribution is -2.12. The molecule has 138 valence electrons. The molecule has 1 aromatic carbocycles. The molecule has 0 radical (unpaired) electrons. The average molecular weight is 376 g/mol. The van der Waals surface area contributed by atoms with E-state index in [-0.39, 0.29) is 12.5 Å². The molecule has 0 unspecified atom stereocenters. The zero-order valence-corrected chi connectivity index (χ0v) is 13.6. The Labute approximate surface area is 151 Å². The third kappa shape index (κ3) is 4.20. The number of nitrogens with one attached hydrogen (secondary N) is 2. The number of pyridine rings is 2.